The third-order valence-electron chi connectivity index (χ3n) is 4.93. The molecule has 1 aliphatic rings. The molecule has 1 heterocycles. The molecule has 34 heavy (non-hydrogen) atoms. The topological polar surface area (TPSA) is 87.7 Å². The second-order valence-electron chi connectivity index (χ2n) is 7.23. The maximum Gasteiger partial charge on any atom is 0.283 e. The number of benzene rings is 3. The van der Waals surface area contributed by atoms with Crippen LogP contribution < -0.4 is 20.3 Å². The van der Waals surface area contributed by atoms with Gasteiger partial charge < -0.3 is 15.4 Å². The molecule has 4 rings (SSSR count). The molecule has 3 amide bonds. The molecule has 1 aliphatic heterocycles. The lowest BCUT2D eigenvalue weighted by Crippen LogP contribution is -2.32. The first-order chi connectivity index (χ1) is 16.4. The van der Waals surface area contributed by atoms with Crippen LogP contribution in [-0.2, 0) is 9.59 Å². The Morgan fingerprint density at radius 1 is 0.971 bits per heavy atom. The van der Waals surface area contributed by atoms with Crippen LogP contribution in [0.15, 0.2) is 88.0 Å². The Balaban J connectivity index is 1.49. The Morgan fingerprint density at radius 3 is 2.35 bits per heavy atom. The number of rotatable bonds is 7. The molecule has 2 N–H and O–H groups in total. The Labute approximate surface area is 209 Å². The maximum atomic E-state index is 12.9. The lowest BCUT2D eigenvalue weighted by Gasteiger charge is -2.15. The summed E-state index contributed by atoms with van der Waals surface area (Å²) in [6, 6.07) is 20.3. The van der Waals surface area contributed by atoms with Crippen molar-refractivity contribution in [2.75, 3.05) is 22.1 Å². The minimum atomic E-state index is -0.624. The fourth-order valence-corrected chi connectivity index (χ4v) is 3.80. The molecule has 9 heteroatoms. The summed E-state index contributed by atoms with van der Waals surface area (Å²) in [5, 5.41) is 5.48. The van der Waals surface area contributed by atoms with E-state index in [-0.39, 0.29) is 16.6 Å². The average Bonchev–Trinajstić information content (AvgIpc) is 3.04. The van der Waals surface area contributed by atoms with Gasteiger partial charge in [0.2, 0.25) is 0 Å². The van der Waals surface area contributed by atoms with Gasteiger partial charge in [-0.25, -0.2) is 4.90 Å². The zero-order valence-electron chi connectivity index (χ0n) is 18.0. The second-order valence-corrected chi connectivity index (χ2v) is 8.52. The van der Waals surface area contributed by atoms with Crippen LogP contribution in [0.1, 0.15) is 17.3 Å². The van der Waals surface area contributed by atoms with Gasteiger partial charge in [0.05, 0.1) is 12.3 Å². The smallest absolute Gasteiger partial charge is 0.283 e. The van der Waals surface area contributed by atoms with Crippen molar-refractivity contribution in [1.82, 2.24) is 0 Å². The van der Waals surface area contributed by atoms with Crippen LogP contribution in [-0.4, -0.2) is 24.3 Å². The van der Waals surface area contributed by atoms with Gasteiger partial charge in [-0.3, -0.25) is 14.4 Å². The highest BCUT2D eigenvalue weighted by Gasteiger charge is 2.38. The van der Waals surface area contributed by atoms with Gasteiger partial charge in [-0.15, -0.1) is 0 Å². The monoisotopic (exact) mass is 539 g/mol. The van der Waals surface area contributed by atoms with E-state index in [1.807, 2.05) is 6.92 Å². The van der Waals surface area contributed by atoms with Gasteiger partial charge in [-0.1, -0.05) is 33.6 Å². The molecule has 0 bridgehead atoms. The summed E-state index contributed by atoms with van der Waals surface area (Å²) in [6.07, 6.45) is 0. The van der Waals surface area contributed by atoms with Crippen LogP contribution in [0.4, 0.5) is 17.1 Å². The number of carbonyl (C=O) groups excluding carboxylic acids is 3. The first-order valence-corrected chi connectivity index (χ1v) is 11.5. The molecular formula is C25H19BrClN3O4. The lowest BCUT2D eigenvalue weighted by atomic mass is 10.1. The fraction of sp³-hybridized carbons (Fsp3) is 0.0800. The molecule has 0 aliphatic carbocycles. The summed E-state index contributed by atoms with van der Waals surface area (Å²) in [5.41, 5.74) is 1.75. The predicted octanol–water partition coefficient (Wildman–Crippen LogP) is 5.54. The Kier molecular flexibility index (Phi) is 7.00. The highest BCUT2D eigenvalue weighted by molar-refractivity contribution is 9.10. The number of anilines is 3. The predicted molar refractivity (Wildman–Crippen MR) is 135 cm³/mol. The van der Waals surface area contributed by atoms with Gasteiger partial charge in [0.25, 0.3) is 17.7 Å². The summed E-state index contributed by atoms with van der Waals surface area (Å²) < 4.78 is 6.22. The van der Waals surface area contributed by atoms with Crippen LogP contribution in [0.2, 0.25) is 0 Å². The highest BCUT2D eigenvalue weighted by atomic mass is 79.9. The number of amides is 3. The van der Waals surface area contributed by atoms with E-state index in [4.69, 9.17) is 16.3 Å². The standard InChI is InChI=1S/C25H19BrClN3O4/c1-2-34-20-12-8-17(9-13-20)29-23(31)15-4-3-5-18(14-15)28-22-21(27)24(32)30(25(22)33)19-10-6-16(26)7-11-19/h3-14,28H,2H2,1H3,(H,29,31). The number of hydrogen-bond donors (Lipinski definition) is 2. The maximum absolute atomic E-state index is 12.9. The zero-order valence-corrected chi connectivity index (χ0v) is 20.3. The molecule has 0 atom stereocenters. The minimum absolute atomic E-state index is 0.0568. The number of ether oxygens (including phenoxy) is 1. The van der Waals surface area contributed by atoms with Crippen LogP contribution in [0.5, 0.6) is 5.75 Å². The molecule has 0 fully saturated rings. The molecule has 0 aromatic heterocycles. The summed E-state index contributed by atoms with van der Waals surface area (Å²) in [7, 11) is 0. The van der Waals surface area contributed by atoms with Crippen LogP contribution in [0.25, 0.3) is 0 Å². The number of hydrogen-bond acceptors (Lipinski definition) is 5. The number of nitrogens with one attached hydrogen (secondary N) is 2. The fourth-order valence-electron chi connectivity index (χ4n) is 3.32. The van der Waals surface area contributed by atoms with E-state index in [0.29, 0.717) is 35.0 Å². The molecular weight excluding hydrogens is 522 g/mol. The Bertz CT molecular complexity index is 1290. The molecule has 7 nitrogen and oxygen atoms in total. The van der Waals surface area contributed by atoms with Crippen molar-refractivity contribution in [1.29, 1.82) is 0 Å². The first kappa shape index (κ1) is 23.5. The minimum Gasteiger partial charge on any atom is -0.494 e. The van der Waals surface area contributed by atoms with E-state index in [1.165, 1.54) is 0 Å². The van der Waals surface area contributed by atoms with Crippen molar-refractivity contribution in [3.05, 3.63) is 93.6 Å². The van der Waals surface area contributed by atoms with Gasteiger partial charge in [0, 0.05) is 21.4 Å². The normalized spacial score (nSPS) is 13.3. The van der Waals surface area contributed by atoms with Crippen molar-refractivity contribution in [2.45, 2.75) is 6.92 Å². The third kappa shape index (κ3) is 4.98. The van der Waals surface area contributed by atoms with Gasteiger partial charge in [-0.2, -0.15) is 0 Å². The van der Waals surface area contributed by atoms with Gasteiger partial charge in [0.1, 0.15) is 16.5 Å². The van der Waals surface area contributed by atoms with Crippen LogP contribution in [0.3, 0.4) is 0 Å². The van der Waals surface area contributed by atoms with E-state index in [9.17, 15) is 14.4 Å². The van der Waals surface area contributed by atoms with Crippen LogP contribution in [0, 0.1) is 0 Å². The lowest BCUT2D eigenvalue weighted by molar-refractivity contribution is -0.120. The Hall–Kier alpha value is -3.62. The molecule has 3 aromatic rings. The molecule has 0 unspecified atom stereocenters. The van der Waals surface area contributed by atoms with Crippen LogP contribution >= 0.6 is 27.5 Å². The Morgan fingerprint density at radius 2 is 1.68 bits per heavy atom. The third-order valence-corrected chi connectivity index (χ3v) is 5.81. The van der Waals surface area contributed by atoms with E-state index in [0.717, 1.165) is 9.37 Å². The SMILES string of the molecule is CCOc1ccc(NC(=O)c2cccc(NC3=C(Cl)C(=O)N(c4ccc(Br)cc4)C3=O)c2)cc1. The summed E-state index contributed by atoms with van der Waals surface area (Å²) in [5.74, 6) is -0.828. The zero-order chi connectivity index (χ0) is 24.2. The number of halogens is 2. The molecule has 0 spiro atoms. The first-order valence-electron chi connectivity index (χ1n) is 10.3. The van der Waals surface area contributed by atoms with E-state index >= 15 is 0 Å². The average molecular weight is 541 g/mol. The molecule has 172 valence electrons. The van der Waals surface area contributed by atoms with Crippen molar-refractivity contribution in [3.8, 4) is 5.75 Å². The van der Waals surface area contributed by atoms with Crippen molar-refractivity contribution >= 4 is 62.3 Å². The number of carbonyl (C=O) groups is 3. The van der Waals surface area contributed by atoms with Crippen molar-refractivity contribution in [2.24, 2.45) is 0 Å². The summed E-state index contributed by atoms with van der Waals surface area (Å²) >= 11 is 9.53. The van der Waals surface area contributed by atoms with Crippen molar-refractivity contribution < 1.29 is 19.1 Å². The van der Waals surface area contributed by atoms with Gasteiger partial charge in [-0.05, 0) is 73.7 Å². The molecule has 0 radical (unpaired) electrons. The van der Waals surface area contributed by atoms with E-state index < -0.39 is 11.8 Å². The highest BCUT2D eigenvalue weighted by Crippen LogP contribution is 2.31. The number of imide groups is 1. The van der Waals surface area contributed by atoms with E-state index in [1.54, 1.807) is 72.8 Å². The summed E-state index contributed by atoms with van der Waals surface area (Å²) in [6.45, 7) is 2.45. The molecule has 3 aromatic carbocycles. The van der Waals surface area contributed by atoms with Gasteiger partial charge >= 0.3 is 0 Å². The quantitative estimate of drug-likeness (QED) is 0.385. The van der Waals surface area contributed by atoms with Gasteiger partial charge in [0.15, 0.2) is 0 Å². The van der Waals surface area contributed by atoms with Crippen molar-refractivity contribution in [3.63, 3.8) is 0 Å². The molecule has 0 saturated carbocycles. The summed E-state index contributed by atoms with van der Waals surface area (Å²) in [4.78, 5) is 39.3. The second kappa shape index (κ2) is 10.1. The molecule has 0 saturated heterocycles. The number of nitrogens with zero attached hydrogens (tertiary/aromatic N) is 1. The van der Waals surface area contributed by atoms with E-state index in [2.05, 4.69) is 26.6 Å². The largest absolute Gasteiger partial charge is 0.494 e.